The van der Waals surface area contributed by atoms with E-state index in [0.29, 0.717) is 0 Å². The smallest absolute Gasteiger partial charge is 0.190 e. The topological polar surface area (TPSA) is 62.2 Å². The van der Waals surface area contributed by atoms with Gasteiger partial charge < -0.3 is 19.7 Å². The first-order valence-corrected chi connectivity index (χ1v) is 4.43. The van der Waals surface area contributed by atoms with E-state index in [1.165, 1.54) is 0 Å². The normalized spacial score (nSPS) is 62.5. The highest BCUT2D eigenvalue weighted by molar-refractivity contribution is 5.24. The van der Waals surface area contributed by atoms with Crippen molar-refractivity contribution < 1.29 is 19.7 Å². The molecule has 0 amide bonds. The summed E-state index contributed by atoms with van der Waals surface area (Å²) in [5, 5.41) is 19.0. The number of aliphatic hydroxyl groups excluding tert-OH is 2. The molecule has 0 spiro atoms. The fourth-order valence-corrected chi connectivity index (χ4v) is 2.71. The molecule has 0 aromatic rings. The van der Waals surface area contributed by atoms with Gasteiger partial charge in [0.25, 0.3) is 0 Å². The molecule has 2 N–H and O–H groups in total. The predicted octanol–water partition coefficient (Wildman–Crippen LogP) is -0.265. The second kappa shape index (κ2) is 1.85. The summed E-state index contributed by atoms with van der Waals surface area (Å²) in [6.07, 6.45) is 1.88. The first kappa shape index (κ1) is 7.26. The van der Waals surface area contributed by atoms with Crippen LogP contribution in [0, 0.1) is 0 Å². The van der Waals surface area contributed by atoms with Gasteiger partial charge in [0, 0.05) is 0 Å². The van der Waals surface area contributed by atoms with Gasteiger partial charge in [-0.3, -0.25) is 0 Å². The summed E-state index contributed by atoms with van der Waals surface area (Å²) in [5.41, 5.74) is -1.10. The van der Waals surface area contributed by atoms with Gasteiger partial charge in [-0.25, -0.2) is 0 Å². The Morgan fingerprint density at radius 3 is 2.00 bits per heavy atom. The maximum atomic E-state index is 9.48. The van der Waals surface area contributed by atoms with Crippen molar-refractivity contribution >= 4 is 0 Å². The van der Waals surface area contributed by atoms with Gasteiger partial charge in [-0.2, -0.15) is 0 Å². The number of hydrogen-bond acceptors (Lipinski definition) is 4. The van der Waals surface area contributed by atoms with Crippen LogP contribution >= 0.6 is 0 Å². The molecular formula is C8H12O4. The third-order valence-electron chi connectivity index (χ3n) is 3.44. The third-order valence-corrected chi connectivity index (χ3v) is 3.44. The zero-order valence-corrected chi connectivity index (χ0v) is 6.69. The molecule has 4 unspecified atom stereocenters. The first-order valence-electron chi connectivity index (χ1n) is 4.43. The Hall–Kier alpha value is -0.160. The highest BCUT2D eigenvalue weighted by Gasteiger charge is 2.82. The molecule has 0 aromatic heterocycles. The molecule has 3 fully saturated rings. The number of rotatable bonds is 0. The van der Waals surface area contributed by atoms with E-state index < -0.39 is 23.8 Å². The molecule has 4 nitrogen and oxygen atoms in total. The van der Waals surface area contributed by atoms with Gasteiger partial charge in [-0.1, -0.05) is 12.8 Å². The average Bonchev–Trinajstić information content (AvgIpc) is 2.69. The molecule has 1 aliphatic carbocycles. The molecule has 3 aliphatic rings. The van der Waals surface area contributed by atoms with Gasteiger partial charge in [0.05, 0.1) is 0 Å². The number of ether oxygens (including phenoxy) is 2. The highest BCUT2D eigenvalue weighted by atomic mass is 16.8. The van der Waals surface area contributed by atoms with Crippen LogP contribution in [0.5, 0.6) is 0 Å². The van der Waals surface area contributed by atoms with E-state index in [1.54, 1.807) is 0 Å². The lowest BCUT2D eigenvalue weighted by atomic mass is 9.80. The monoisotopic (exact) mass is 172 g/mol. The molecule has 68 valence electrons. The van der Waals surface area contributed by atoms with Gasteiger partial charge in [-0.15, -0.1) is 0 Å². The molecule has 2 saturated heterocycles. The lowest BCUT2D eigenvalue weighted by Gasteiger charge is -2.18. The van der Waals surface area contributed by atoms with Crippen molar-refractivity contribution in [3.63, 3.8) is 0 Å². The van der Waals surface area contributed by atoms with E-state index in [-0.39, 0.29) is 0 Å². The van der Waals surface area contributed by atoms with E-state index in [0.717, 1.165) is 25.7 Å². The van der Waals surface area contributed by atoms with Crippen LogP contribution in [-0.4, -0.2) is 34.0 Å². The van der Waals surface area contributed by atoms with Crippen LogP contribution in [0.15, 0.2) is 0 Å². The number of epoxide rings is 1. The summed E-state index contributed by atoms with van der Waals surface area (Å²) in [6, 6.07) is 0. The Balaban J connectivity index is 1.99. The van der Waals surface area contributed by atoms with Crippen molar-refractivity contribution in [2.75, 3.05) is 0 Å². The quantitative estimate of drug-likeness (QED) is 0.494. The highest BCUT2D eigenvalue weighted by Crippen LogP contribution is 2.65. The van der Waals surface area contributed by atoms with E-state index in [1.807, 2.05) is 0 Å². The fourth-order valence-electron chi connectivity index (χ4n) is 2.71. The van der Waals surface area contributed by atoms with Crippen LogP contribution < -0.4 is 0 Å². The number of hydrogen-bond donors (Lipinski definition) is 2. The third kappa shape index (κ3) is 0.537. The minimum absolute atomic E-state index is 0.551. The lowest BCUT2D eigenvalue weighted by molar-refractivity contribution is -0.229. The Morgan fingerprint density at radius 2 is 1.50 bits per heavy atom. The Labute approximate surface area is 70.1 Å². The molecule has 0 radical (unpaired) electrons. The number of aliphatic hydroxyl groups is 2. The fraction of sp³-hybridized carbons (Fsp3) is 1.00. The van der Waals surface area contributed by atoms with Gasteiger partial charge in [0.2, 0.25) is 0 Å². The maximum Gasteiger partial charge on any atom is 0.190 e. The maximum absolute atomic E-state index is 9.48. The van der Waals surface area contributed by atoms with Crippen LogP contribution in [0.2, 0.25) is 0 Å². The summed E-state index contributed by atoms with van der Waals surface area (Å²) in [4.78, 5) is 0. The van der Waals surface area contributed by atoms with Gasteiger partial charge in [0.15, 0.2) is 23.8 Å². The summed E-state index contributed by atoms with van der Waals surface area (Å²) in [7, 11) is 0. The van der Waals surface area contributed by atoms with Crippen molar-refractivity contribution in [2.24, 2.45) is 0 Å². The molecule has 12 heavy (non-hydrogen) atoms. The molecule has 3 rings (SSSR count). The minimum atomic E-state index is -0.923. The Bertz CT molecular complexity index is 209. The first-order chi connectivity index (χ1) is 5.71. The van der Waals surface area contributed by atoms with Crippen molar-refractivity contribution in [1.29, 1.82) is 0 Å². The van der Waals surface area contributed by atoms with E-state index in [4.69, 9.17) is 9.47 Å². The minimum Gasteiger partial charge on any atom is -0.365 e. The Kier molecular flexibility index (Phi) is 1.12. The van der Waals surface area contributed by atoms with Crippen molar-refractivity contribution in [3.05, 3.63) is 0 Å². The van der Waals surface area contributed by atoms with Crippen molar-refractivity contribution in [1.82, 2.24) is 0 Å². The molecule has 1 saturated carbocycles. The molecule has 4 atom stereocenters. The summed E-state index contributed by atoms with van der Waals surface area (Å²) >= 11 is 0. The second-order valence-corrected chi connectivity index (χ2v) is 3.93. The summed E-state index contributed by atoms with van der Waals surface area (Å²) in [6.45, 7) is 0. The molecule has 2 aliphatic heterocycles. The van der Waals surface area contributed by atoms with E-state index in [2.05, 4.69) is 0 Å². The zero-order valence-electron chi connectivity index (χ0n) is 6.69. The molecule has 0 aromatic carbocycles. The van der Waals surface area contributed by atoms with Crippen LogP contribution in [0.3, 0.4) is 0 Å². The lowest BCUT2D eigenvalue weighted by Crippen LogP contribution is -2.35. The Morgan fingerprint density at radius 1 is 1.00 bits per heavy atom. The van der Waals surface area contributed by atoms with Crippen LogP contribution in [0.1, 0.15) is 25.7 Å². The summed E-state index contributed by atoms with van der Waals surface area (Å²) < 4.78 is 10.4. The van der Waals surface area contributed by atoms with Crippen molar-refractivity contribution in [3.8, 4) is 0 Å². The predicted molar refractivity (Wildman–Crippen MR) is 38.1 cm³/mol. The molecular weight excluding hydrogens is 160 g/mol. The summed E-state index contributed by atoms with van der Waals surface area (Å²) in [5.74, 6) is 0. The molecule has 4 heteroatoms. The van der Waals surface area contributed by atoms with Gasteiger partial charge in [0.1, 0.15) is 0 Å². The second-order valence-electron chi connectivity index (χ2n) is 3.93. The molecule has 0 bridgehead atoms. The molecule has 2 heterocycles. The largest absolute Gasteiger partial charge is 0.365 e. The van der Waals surface area contributed by atoms with Crippen molar-refractivity contribution in [2.45, 2.75) is 49.5 Å². The van der Waals surface area contributed by atoms with Gasteiger partial charge in [-0.05, 0) is 12.8 Å². The zero-order chi connectivity index (χ0) is 8.40. The van der Waals surface area contributed by atoms with E-state index >= 15 is 0 Å². The SMILES string of the molecule is OC1OC(O)C23CCCCC12O3. The van der Waals surface area contributed by atoms with Gasteiger partial charge >= 0.3 is 0 Å². The standard InChI is InChI=1S/C8H12O4/c9-5-7-3-1-2-4-8(7,12-7)6(10)11-5/h5-6,9-10H,1-4H2. The van der Waals surface area contributed by atoms with E-state index in [9.17, 15) is 10.2 Å². The van der Waals surface area contributed by atoms with Crippen LogP contribution in [0.25, 0.3) is 0 Å². The van der Waals surface area contributed by atoms with Crippen LogP contribution in [0.4, 0.5) is 0 Å². The average molecular weight is 172 g/mol. The van der Waals surface area contributed by atoms with Crippen LogP contribution in [-0.2, 0) is 9.47 Å².